The Kier molecular flexibility index (Phi) is 3.69. The molecular formula is C17H12N2O4. The first-order chi connectivity index (χ1) is 11.1. The fraction of sp³-hybridized carbons (Fsp3) is 0.118. The molecule has 6 nitrogen and oxygen atoms in total. The van der Waals surface area contributed by atoms with E-state index in [-0.39, 0.29) is 17.9 Å². The fourth-order valence-electron chi connectivity index (χ4n) is 2.34. The van der Waals surface area contributed by atoms with Crippen molar-refractivity contribution in [2.45, 2.75) is 6.54 Å². The summed E-state index contributed by atoms with van der Waals surface area (Å²) >= 11 is 0. The summed E-state index contributed by atoms with van der Waals surface area (Å²) in [6.07, 6.45) is 0. The highest BCUT2D eigenvalue weighted by Crippen LogP contribution is 2.19. The lowest BCUT2D eigenvalue weighted by Crippen LogP contribution is -2.12. The molecule has 1 heterocycles. The van der Waals surface area contributed by atoms with E-state index in [2.05, 4.69) is 0 Å². The van der Waals surface area contributed by atoms with E-state index >= 15 is 0 Å². The van der Waals surface area contributed by atoms with Crippen LogP contribution in [0.4, 0.5) is 0 Å². The molecule has 1 aromatic heterocycles. The van der Waals surface area contributed by atoms with Crippen LogP contribution in [0.3, 0.4) is 0 Å². The van der Waals surface area contributed by atoms with Gasteiger partial charge in [-0.15, -0.1) is 0 Å². The molecule has 2 aromatic carbocycles. The van der Waals surface area contributed by atoms with Crippen LogP contribution in [0.15, 0.2) is 51.7 Å². The number of nitrogens with zero attached hydrogens (tertiary/aromatic N) is 2. The number of hydrogen-bond donors (Lipinski definition) is 0. The second kappa shape index (κ2) is 5.81. The molecule has 23 heavy (non-hydrogen) atoms. The van der Waals surface area contributed by atoms with Gasteiger partial charge in [0.15, 0.2) is 11.4 Å². The van der Waals surface area contributed by atoms with E-state index < -0.39 is 5.76 Å². The molecule has 0 amide bonds. The second-order valence-electron chi connectivity index (χ2n) is 4.85. The highest BCUT2D eigenvalue weighted by Gasteiger charge is 2.14. The first-order valence-corrected chi connectivity index (χ1v) is 6.83. The number of ketones is 1. The SMILES string of the molecule is COc1ccc(C(=O)c2ccc3c(c2)oc(=O)n3CC#N)cc1. The molecule has 6 heteroatoms. The van der Waals surface area contributed by atoms with Gasteiger partial charge in [-0.05, 0) is 42.5 Å². The topological polar surface area (TPSA) is 85.2 Å². The van der Waals surface area contributed by atoms with Crippen molar-refractivity contribution in [3.63, 3.8) is 0 Å². The fourth-order valence-corrected chi connectivity index (χ4v) is 2.34. The van der Waals surface area contributed by atoms with Crippen LogP contribution >= 0.6 is 0 Å². The summed E-state index contributed by atoms with van der Waals surface area (Å²) in [6, 6.07) is 13.4. The third-order valence-electron chi connectivity index (χ3n) is 3.51. The Labute approximate surface area is 131 Å². The standard InChI is InChI=1S/C17H12N2O4/c1-22-13-5-2-11(3-6-13)16(20)12-4-7-14-15(10-12)23-17(21)19(14)9-8-18/h2-7,10H,9H2,1H3. The maximum Gasteiger partial charge on any atom is 0.420 e. The highest BCUT2D eigenvalue weighted by molar-refractivity contribution is 6.10. The van der Waals surface area contributed by atoms with Gasteiger partial charge in [-0.3, -0.25) is 9.36 Å². The lowest BCUT2D eigenvalue weighted by molar-refractivity contribution is 0.103. The molecule has 0 aliphatic heterocycles. The number of carbonyl (C=O) groups is 1. The lowest BCUT2D eigenvalue weighted by Gasteiger charge is -2.03. The number of benzene rings is 2. The molecule has 0 saturated carbocycles. The molecule has 0 fully saturated rings. The molecule has 0 aliphatic carbocycles. The third-order valence-corrected chi connectivity index (χ3v) is 3.51. The van der Waals surface area contributed by atoms with Crippen LogP contribution in [-0.2, 0) is 6.54 Å². The van der Waals surface area contributed by atoms with Crippen molar-refractivity contribution in [3.05, 3.63) is 64.1 Å². The molecule has 0 bridgehead atoms. The van der Waals surface area contributed by atoms with E-state index in [0.717, 1.165) is 0 Å². The summed E-state index contributed by atoms with van der Waals surface area (Å²) in [5, 5.41) is 8.74. The summed E-state index contributed by atoms with van der Waals surface area (Å²) in [5.41, 5.74) is 1.68. The predicted octanol–water partition coefficient (Wildman–Crippen LogP) is 2.36. The van der Waals surface area contributed by atoms with Crippen LogP contribution in [0.1, 0.15) is 15.9 Å². The number of rotatable bonds is 4. The molecular weight excluding hydrogens is 296 g/mol. The van der Waals surface area contributed by atoms with Crippen molar-refractivity contribution in [2.75, 3.05) is 7.11 Å². The molecule has 0 atom stereocenters. The smallest absolute Gasteiger partial charge is 0.420 e. The van der Waals surface area contributed by atoms with Crippen LogP contribution in [0.5, 0.6) is 5.75 Å². The summed E-state index contributed by atoms with van der Waals surface area (Å²) < 4.78 is 11.4. The highest BCUT2D eigenvalue weighted by atomic mass is 16.5. The monoisotopic (exact) mass is 308 g/mol. The Balaban J connectivity index is 2.01. The summed E-state index contributed by atoms with van der Waals surface area (Å²) in [5.74, 6) is -0.141. The Bertz CT molecular complexity index is 974. The normalized spacial score (nSPS) is 10.4. The van der Waals surface area contributed by atoms with Gasteiger partial charge in [0.25, 0.3) is 0 Å². The number of carbonyl (C=O) groups excluding carboxylic acids is 1. The summed E-state index contributed by atoms with van der Waals surface area (Å²) in [6.45, 7) is -0.0996. The van der Waals surface area contributed by atoms with Gasteiger partial charge in [-0.1, -0.05) is 0 Å². The van der Waals surface area contributed by atoms with Crippen LogP contribution < -0.4 is 10.5 Å². The Morgan fingerprint density at radius 1 is 1.22 bits per heavy atom. The third kappa shape index (κ3) is 2.60. The zero-order valence-electron chi connectivity index (χ0n) is 12.3. The molecule has 0 unspecified atom stereocenters. The van der Waals surface area contributed by atoms with E-state index in [1.807, 2.05) is 6.07 Å². The van der Waals surface area contributed by atoms with Crippen LogP contribution in [0, 0.1) is 11.3 Å². The van der Waals surface area contributed by atoms with Crippen LogP contribution in [-0.4, -0.2) is 17.5 Å². The number of ether oxygens (including phenoxy) is 1. The van der Waals surface area contributed by atoms with Gasteiger partial charge in [-0.25, -0.2) is 4.79 Å². The average Bonchev–Trinajstić information content (AvgIpc) is 2.89. The largest absolute Gasteiger partial charge is 0.497 e. The van der Waals surface area contributed by atoms with E-state index in [1.54, 1.807) is 43.5 Å². The predicted molar refractivity (Wildman–Crippen MR) is 82.5 cm³/mol. The van der Waals surface area contributed by atoms with E-state index in [1.165, 1.54) is 10.6 Å². The van der Waals surface area contributed by atoms with Crippen molar-refractivity contribution < 1.29 is 13.9 Å². The van der Waals surface area contributed by atoms with Crippen molar-refractivity contribution >= 4 is 16.9 Å². The summed E-state index contributed by atoms with van der Waals surface area (Å²) in [7, 11) is 1.55. The number of hydrogen-bond acceptors (Lipinski definition) is 5. The number of fused-ring (bicyclic) bond motifs is 1. The van der Waals surface area contributed by atoms with Gasteiger partial charge in [0.2, 0.25) is 0 Å². The second-order valence-corrected chi connectivity index (χ2v) is 4.85. The molecule has 3 aromatic rings. The average molecular weight is 308 g/mol. The molecule has 3 rings (SSSR count). The maximum atomic E-state index is 12.5. The van der Waals surface area contributed by atoms with Gasteiger partial charge < -0.3 is 9.15 Å². The van der Waals surface area contributed by atoms with Crippen molar-refractivity contribution in [1.29, 1.82) is 5.26 Å². The molecule has 0 N–H and O–H groups in total. The van der Waals surface area contributed by atoms with Crippen molar-refractivity contribution in [2.24, 2.45) is 0 Å². The van der Waals surface area contributed by atoms with E-state index in [0.29, 0.717) is 22.4 Å². The summed E-state index contributed by atoms with van der Waals surface area (Å²) in [4.78, 5) is 24.2. The van der Waals surface area contributed by atoms with Gasteiger partial charge in [-0.2, -0.15) is 5.26 Å². The first-order valence-electron chi connectivity index (χ1n) is 6.83. The molecule has 0 saturated heterocycles. The maximum absolute atomic E-state index is 12.5. The minimum Gasteiger partial charge on any atom is -0.497 e. The van der Waals surface area contributed by atoms with Crippen LogP contribution in [0.25, 0.3) is 11.1 Å². The molecule has 0 radical (unpaired) electrons. The molecule has 0 spiro atoms. The van der Waals surface area contributed by atoms with Gasteiger partial charge in [0, 0.05) is 11.1 Å². The lowest BCUT2D eigenvalue weighted by atomic mass is 10.0. The minimum atomic E-state index is -0.615. The van der Waals surface area contributed by atoms with Gasteiger partial charge in [0.05, 0.1) is 18.7 Å². The zero-order chi connectivity index (χ0) is 16.4. The number of methoxy groups -OCH3 is 1. The zero-order valence-corrected chi connectivity index (χ0v) is 12.3. The Hall–Kier alpha value is -3.33. The number of aromatic nitrogens is 1. The van der Waals surface area contributed by atoms with E-state index in [9.17, 15) is 9.59 Å². The van der Waals surface area contributed by atoms with Crippen LogP contribution in [0.2, 0.25) is 0 Å². The van der Waals surface area contributed by atoms with Gasteiger partial charge >= 0.3 is 5.76 Å². The number of nitriles is 1. The first kappa shape index (κ1) is 14.6. The van der Waals surface area contributed by atoms with Crippen molar-refractivity contribution in [3.8, 4) is 11.8 Å². The van der Waals surface area contributed by atoms with E-state index in [4.69, 9.17) is 14.4 Å². The Morgan fingerprint density at radius 3 is 2.57 bits per heavy atom. The molecule has 114 valence electrons. The minimum absolute atomic E-state index is 0.0996. The van der Waals surface area contributed by atoms with Crippen molar-refractivity contribution in [1.82, 2.24) is 4.57 Å². The Morgan fingerprint density at radius 2 is 1.91 bits per heavy atom. The molecule has 0 aliphatic rings. The van der Waals surface area contributed by atoms with Gasteiger partial charge in [0.1, 0.15) is 12.3 Å². The quantitative estimate of drug-likeness (QED) is 0.691. The number of oxazole rings is 1.